The van der Waals surface area contributed by atoms with E-state index < -0.39 is 20.8 Å². The second-order valence-electron chi connectivity index (χ2n) is 7.14. The van der Waals surface area contributed by atoms with Crippen LogP contribution in [0.2, 0.25) is 5.02 Å². The van der Waals surface area contributed by atoms with Gasteiger partial charge in [0.25, 0.3) is 5.91 Å². The Kier molecular flexibility index (Phi) is 7.05. The molecule has 0 aromatic heterocycles. The van der Waals surface area contributed by atoms with E-state index in [1.54, 1.807) is 0 Å². The Morgan fingerprint density at radius 3 is 2.59 bits per heavy atom. The number of amides is 1. The largest absolute Gasteiger partial charge is 0.493 e. The highest BCUT2D eigenvalue weighted by atomic mass is 35.5. The Morgan fingerprint density at radius 2 is 2.00 bits per heavy atom. The molecular weight excluding hydrogens is 460 g/mol. The minimum absolute atomic E-state index is 0.0363. The van der Waals surface area contributed by atoms with Crippen molar-refractivity contribution in [1.29, 1.82) is 0 Å². The summed E-state index contributed by atoms with van der Waals surface area (Å²) in [5.41, 5.74) is -0.0646. The van der Waals surface area contributed by atoms with E-state index in [1.807, 2.05) is 0 Å². The first kappa shape index (κ1) is 23.6. The number of hydrogen-bond donors (Lipinski definition) is 0. The molecule has 0 spiro atoms. The first-order valence-corrected chi connectivity index (χ1v) is 11.8. The van der Waals surface area contributed by atoms with Crippen molar-refractivity contribution >= 4 is 33.0 Å². The molecule has 9 nitrogen and oxygen atoms in total. The summed E-state index contributed by atoms with van der Waals surface area (Å²) in [7, 11) is -1.81. The second-order valence-corrected chi connectivity index (χ2v) is 9.81. The lowest BCUT2D eigenvalue weighted by Crippen LogP contribution is -2.41. The molecule has 3 rings (SSSR count). The van der Waals surface area contributed by atoms with Gasteiger partial charge in [-0.2, -0.15) is 0 Å². The van der Waals surface area contributed by atoms with E-state index in [0.717, 1.165) is 0 Å². The summed E-state index contributed by atoms with van der Waals surface area (Å²) in [4.78, 5) is 25.3. The van der Waals surface area contributed by atoms with Crippen LogP contribution in [0.25, 0.3) is 0 Å². The van der Waals surface area contributed by atoms with Gasteiger partial charge < -0.3 is 14.4 Å². The quantitative estimate of drug-likeness (QED) is 0.320. The Labute approximate surface area is 190 Å². The normalized spacial score (nSPS) is 16.9. The van der Waals surface area contributed by atoms with Gasteiger partial charge in [0.05, 0.1) is 23.5 Å². The summed E-state index contributed by atoms with van der Waals surface area (Å²) in [6.07, 6.45) is 1.90. The van der Waals surface area contributed by atoms with Crippen LogP contribution in [-0.2, 0) is 9.84 Å². The number of sulfone groups is 1. The van der Waals surface area contributed by atoms with E-state index in [4.69, 9.17) is 21.1 Å². The molecule has 2 aromatic rings. The first-order valence-electron chi connectivity index (χ1n) is 9.57. The Bertz CT molecular complexity index is 1170. The SMILES string of the molecule is C=CCN(C(=O)c1ccc(Oc2ccc(Cl)cc2[N+](=O)[O-])c(OC)c1)C1CCS(=O)(=O)C1. The van der Waals surface area contributed by atoms with Gasteiger partial charge in [-0.25, -0.2) is 8.42 Å². The highest BCUT2D eigenvalue weighted by molar-refractivity contribution is 7.91. The molecule has 0 bridgehead atoms. The molecule has 2 aromatic carbocycles. The molecule has 32 heavy (non-hydrogen) atoms. The topological polar surface area (TPSA) is 116 Å². The smallest absolute Gasteiger partial charge is 0.313 e. The lowest BCUT2D eigenvalue weighted by molar-refractivity contribution is -0.385. The molecule has 11 heteroatoms. The van der Waals surface area contributed by atoms with Crippen LogP contribution in [0.15, 0.2) is 49.1 Å². The maximum atomic E-state index is 13.1. The van der Waals surface area contributed by atoms with Crippen molar-refractivity contribution in [3.8, 4) is 17.2 Å². The number of carbonyl (C=O) groups excluding carboxylic acids is 1. The Hall–Kier alpha value is -3.11. The van der Waals surface area contributed by atoms with Gasteiger partial charge >= 0.3 is 5.69 Å². The third kappa shape index (κ3) is 5.20. The van der Waals surface area contributed by atoms with Crippen LogP contribution in [0.5, 0.6) is 17.2 Å². The first-order chi connectivity index (χ1) is 15.1. The van der Waals surface area contributed by atoms with Crippen LogP contribution in [0, 0.1) is 10.1 Å². The zero-order valence-corrected chi connectivity index (χ0v) is 18.8. The van der Waals surface area contributed by atoms with Gasteiger partial charge in [0, 0.05) is 29.2 Å². The molecule has 1 unspecified atom stereocenters. The number of hydrogen-bond acceptors (Lipinski definition) is 7. The summed E-state index contributed by atoms with van der Waals surface area (Å²) in [5.74, 6) is -0.138. The van der Waals surface area contributed by atoms with Crippen LogP contribution < -0.4 is 9.47 Å². The maximum Gasteiger partial charge on any atom is 0.313 e. The molecule has 1 aliphatic rings. The van der Waals surface area contributed by atoms with Crippen LogP contribution >= 0.6 is 11.6 Å². The van der Waals surface area contributed by atoms with Crippen molar-refractivity contribution in [1.82, 2.24) is 4.90 Å². The van der Waals surface area contributed by atoms with E-state index in [2.05, 4.69) is 6.58 Å². The van der Waals surface area contributed by atoms with Crippen molar-refractivity contribution in [2.24, 2.45) is 0 Å². The molecular formula is C21H21ClN2O7S. The average molecular weight is 481 g/mol. The molecule has 1 amide bonds. The molecule has 0 N–H and O–H groups in total. The number of halogens is 1. The lowest BCUT2D eigenvalue weighted by atomic mass is 10.1. The fourth-order valence-corrected chi connectivity index (χ4v) is 5.34. The van der Waals surface area contributed by atoms with E-state index in [9.17, 15) is 23.3 Å². The monoisotopic (exact) mass is 480 g/mol. The summed E-state index contributed by atoms with van der Waals surface area (Å²) in [6.45, 7) is 3.85. The molecule has 1 saturated heterocycles. The highest BCUT2D eigenvalue weighted by Gasteiger charge is 2.34. The summed E-state index contributed by atoms with van der Waals surface area (Å²) < 4.78 is 34.7. The van der Waals surface area contributed by atoms with Crippen LogP contribution in [-0.4, -0.2) is 55.4 Å². The number of rotatable bonds is 8. The minimum atomic E-state index is -3.18. The Balaban J connectivity index is 1.90. The van der Waals surface area contributed by atoms with Crippen molar-refractivity contribution in [2.75, 3.05) is 25.2 Å². The fourth-order valence-electron chi connectivity index (χ4n) is 3.45. The summed E-state index contributed by atoms with van der Waals surface area (Å²) in [5, 5.41) is 11.5. The van der Waals surface area contributed by atoms with Crippen molar-refractivity contribution in [2.45, 2.75) is 12.5 Å². The number of nitro benzene ring substituents is 1. The van der Waals surface area contributed by atoms with E-state index in [0.29, 0.717) is 6.42 Å². The van der Waals surface area contributed by atoms with E-state index in [1.165, 1.54) is 54.5 Å². The molecule has 1 heterocycles. The van der Waals surface area contributed by atoms with Crippen molar-refractivity contribution in [3.63, 3.8) is 0 Å². The Morgan fingerprint density at radius 1 is 1.28 bits per heavy atom. The van der Waals surface area contributed by atoms with Gasteiger partial charge in [0.15, 0.2) is 21.3 Å². The highest BCUT2D eigenvalue weighted by Crippen LogP contribution is 2.38. The van der Waals surface area contributed by atoms with Gasteiger partial charge in [-0.1, -0.05) is 17.7 Å². The average Bonchev–Trinajstić information content (AvgIpc) is 3.12. The van der Waals surface area contributed by atoms with Gasteiger partial charge in [-0.3, -0.25) is 14.9 Å². The zero-order chi connectivity index (χ0) is 23.5. The number of carbonyl (C=O) groups is 1. The van der Waals surface area contributed by atoms with Gasteiger partial charge in [-0.05, 0) is 36.8 Å². The number of nitro groups is 1. The fraction of sp³-hybridized carbons (Fsp3) is 0.286. The second kappa shape index (κ2) is 9.58. The molecule has 0 aliphatic carbocycles. The van der Waals surface area contributed by atoms with Crippen LogP contribution in [0.1, 0.15) is 16.8 Å². The number of ether oxygens (including phenoxy) is 2. The van der Waals surface area contributed by atoms with Crippen molar-refractivity contribution < 1.29 is 27.6 Å². The maximum absolute atomic E-state index is 13.1. The van der Waals surface area contributed by atoms with Gasteiger partial charge in [0.2, 0.25) is 5.75 Å². The van der Waals surface area contributed by atoms with Crippen LogP contribution in [0.4, 0.5) is 5.69 Å². The van der Waals surface area contributed by atoms with Gasteiger partial charge in [-0.15, -0.1) is 6.58 Å². The third-order valence-corrected chi connectivity index (χ3v) is 6.97. The number of nitrogens with zero attached hydrogens (tertiary/aromatic N) is 2. The van der Waals surface area contributed by atoms with Crippen LogP contribution in [0.3, 0.4) is 0 Å². The molecule has 1 fully saturated rings. The summed E-state index contributed by atoms with van der Waals surface area (Å²) >= 11 is 5.83. The minimum Gasteiger partial charge on any atom is -0.493 e. The molecule has 0 saturated carbocycles. The predicted octanol–water partition coefficient (Wildman–Crippen LogP) is 3.86. The summed E-state index contributed by atoms with van der Waals surface area (Å²) in [6, 6.07) is 7.94. The van der Waals surface area contributed by atoms with Crippen molar-refractivity contribution in [3.05, 3.63) is 69.8 Å². The lowest BCUT2D eigenvalue weighted by Gasteiger charge is -2.27. The van der Waals surface area contributed by atoms with E-state index in [-0.39, 0.29) is 57.5 Å². The van der Waals surface area contributed by atoms with E-state index >= 15 is 0 Å². The number of benzene rings is 2. The zero-order valence-electron chi connectivity index (χ0n) is 17.2. The predicted molar refractivity (Wildman–Crippen MR) is 119 cm³/mol. The standard InChI is InChI=1S/C21H21ClN2O7S/c1-3-9-23(16-8-10-32(28,29)13-16)21(25)14-4-6-19(20(11-14)30-2)31-18-7-5-15(22)12-17(18)24(26)27/h3-7,11-12,16H,1,8-10,13H2,2H3. The third-order valence-electron chi connectivity index (χ3n) is 4.98. The number of methoxy groups -OCH3 is 1. The molecule has 1 aliphatic heterocycles. The van der Waals surface area contributed by atoms with Gasteiger partial charge in [0.1, 0.15) is 0 Å². The molecule has 0 radical (unpaired) electrons. The molecule has 170 valence electrons. The molecule has 1 atom stereocenters.